The van der Waals surface area contributed by atoms with Crippen molar-refractivity contribution >= 4 is 17.9 Å². The third-order valence-corrected chi connectivity index (χ3v) is 11.4. The average molecular weight is 831 g/mol. The van der Waals surface area contributed by atoms with E-state index in [-0.39, 0.29) is 31.1 Å². The van der Waals surface area contributed by atoms with E-state index in [1.807, 2.05) is 0 Å². The second-order valence-electron chi connectivity index (χ2n) is 17.4. The summed E-state index contributed by atoms with van der Waals surface area (Å²) in [6, 6.07) is 0. The van der Waals surface area contributed by atoms with Gasteiger partial charge in [0.2, 0.25) is 0 Å². The molecular formula is C53H98O6. The molecule has 1 atom stereocenters. The van der Waals surface area contributed by atoms with Crippen LogP contribution in [0.2, 0.25) is 0 Å². The van der Waals surface area contributed by atoms with Crippen LogP contribution in [0.25, 0.3) is 0 Å². The van der Waals surface area contributed by atoms with Crippen molar-refractivity contribution in [3.8, 4) is 0 Å². The number of esters is 3. The number of carbonyl (C=O) groups excluding carboxylic acids is 3. The van der Waals surface area contributed by atoms with Crippen LogP contribution in [0.1, 0.15) is 278 Å². The number of hydrogen-bond acceptors (Lipinski definition) is 6. The molecule has 59 heavy (non-hydrogen) atoms. The van der Waals surface area contributed by atoms with Crippen molar-refractivity contribution in [2.75, 3.05) is 13.2 Å². The van der Waals surface area contributed by atoms with Crippen molar-refractivity contribution in [3.63, 3.8) is 0 Å². The first-order chi connectivity index (χ1) is 29.0. The summed E-state index contributed by atoms with van der Waals surface area (Å²) in [4.78, 5) is 37.9. The van der Waals surface area contributed by atoms with Gasteiger partial charge in [-0.15, -0.1) is 0 Å². The standard InChI is InChI=1S/C53H98O6/c1-4-7-10-13-16-19-22-24-25-26-27-28-30-31-34-37-40-43-46-52(55)58-49-50(48-57-51(54)45-42-39-36-33-21-18-15-12-9-6-3)59-53(56)47-44-41-38-35-32-29-23-20-17-14-11-8-5-2/h11,14,20,23,50H,4-10,12-13,15-19,21-22,24-49H2,1-3H3/b14-11-,23-20-. The molecule has 0 rings (SSSR count). The molecule has 0 heterocycles. The van der Waals surface area contributed by atoms with E-state index < -0.39 is 6.10 Å². The Morgan fingerprint density at radius 3 is 1.00 bits per heavy atom. The van der Waals surface area contributed by atoms with Crippen molar-refractivity contribution < 1.29 is 28.6 Å². The lowest BCUT2D eigenvalue weighted by atomic mass is 10.0. The number of allylic oxidation sites excluding steroid dienone is 4. The number of hydrogen-bond donors (Lipinski definition) is 0. The van der Waals surface area contributed by atoms with Gasteiger partial charge < -0.3 is 14.2 Å². The summed E-state index contributed by atoms with van der Waals surface area (Å²) < 4.78 is 16.8. The molecule has 1 unspecified atom stereocenters. The van der Waals surface area contributed by atoms with Crippen LogP contribution in [0.3, 0.4) is 0 Å². The highest BCUT2D eigenvalue weighted by molar-refractivity contribution is 5.71. The van der Waals surface area contributed by atoms with Gasteiger partial charge in [0.1, 0.15) is 13.2 Å². The lowest BCUT2D eigenvalue weighted by Crippen LogP contribution is -2.30. The summed E-state index contributed by atoms with van der Waals surface area (Å²) in [6.07, 6.45) is 54.5. The second kappa shape index (κ2) is 48.6. The fourth-order valence-corrected chi connectivity index (χ4v) is 7.54. The number of unbranched alkanes of at least 4 members (excludes halogenated alkanes) is 32. The molecule has 0 saturated carbocycles. The molecule has 0 fully saturated rings. The zero-order valence-corrected chi connectivity index (χ0v) is 39.5. The summed E-state index contributed by atoms with van der Waals surface area (Å²) in [5.74, 6) is -0.875. The minimum Gasteiger partial charge on any atom is -0.462 e. The maximum Gasteiger partial charge on any atom is 0.306 e. The Morgan fingerprint density at radius 2 is 0.644 bits per heavy atom. The molecule has 0 aliphatic rings. The molecule has 0 spiro atoms. The molecule has 6 nitrogen and oxygen atoms in total. The Labute approximate surface area is 366 Å². The Bertz CT molecular complexity index is 958. The molecular weight excluding hydrogens is 733 g/mol. The lowest BCUT2D eigenvalue weighted by molar-refractivity contribution is -0.167. The molecule has 0 N–H and O–H groups in total. The van der Waals surface area contributed by atoms with Crippen LogP contribution in [-0.4, -0.2) is 37.2 Å². The van der Waals surface area contributed by atoms with Crippen LogP contribution in [0.5, 0.6) is 0 Å². The third kappa shape index (κ3) is 46.8. The molecule has 0 aromatic heterocycles. The van der Waals surface area contributed by atoms with Crippen LogP contribution >= 0.6 is 0 Å². The Kier molecular flexibility index (Phi) is 46.8. The maximum absolute atomic E-state index is 12.8. The van der Waals surface area contributed by atoms with Gasteiger partial charge in [-0.1, -0.05) is 238 Å². The molecule has 0 radical (unpaired) electrons. The smallest absolute Gasteiger partial charge is 0.306 e. The second-order valence-corrected chi connectivity index (χ2v) is 17.4. The van der Waals surface area contributed by atoms with E-state index in [2.05, 4.69) is 45.1 Å². The van der Waals surface area contributed by atoms with E-state index in [4.69, 9.17) is 14.2 Å². The van der Waals surface area contributed by atoms with Gasteiger partial charge in [0.05, 0.1) is 0 Å². The van der Waals surface area contributed by atoms with Crippen molar-refractivity contribution in [1.82, 2.24) is 0 Å². The summed E-state index contributed by atoms with van der Waals surface area (Å²) in [5, 5.41) is 0. The van der Waals surface area contributed by atoms with Crippen molar-refractivity contribution in [2.45, 2.75) is 284 Å². The van der Waals surface area contributed by atoms with E-state index in [9.17, 15) is 14.4 Å². The van der Waals surface area contributed by atoms with Gasteiger partial charge in [-0.25, -0.2) is 0 Å². The first-order valence-electron chi connectivity index (χ1n) is 25.8. The average Bonchev–Trinajstić information content (AvgIpc) is 3.23. The highest BCUT2D eigenvalue weighted by Gasteiger charge is 2.19. The van der Waals surface area contributed by atoms with Crippen LogP contribution in [0.15, 0.2) is 24.3 Å². The molecule has 0 bridgehead atoms. The molecule has 0 amide bonds. The maximum atomic E-state index is 12.8. The van der Waals surface area contributed by atoms with Gasteiger partial charge >= 0.3 is 17.9 Å². The lowest BCUT2D eigenvalue weighted by Gasteiger charge is -2.18. The normalized spacial score (nSPS) is 12.1. The van der Waals surface area contributed by atoms with E-state index >= 15 is 0 Å². The highest BCUT2D eigenvalue weighted by atomic mass is 16.6. The molecule has 0 aromatic rings. The first-order valence-corrected chi connectivity index (χ1v) is 25.8. The van der Waals surface area contributed by atoms with Gasteiger partial charge in [0, 0.05) is 19.3 Å². The molecule has 346 valence electrons. The summed E-state index contributed by atoms with van der Waals surface area (Å²) in [7, 11) is 0. The van der Waals surface area contributed by atoms with E-state index in [0.717, 1.165) is 89.9 Å². The zero-order chi connectivity index (χ0) is 43.0. The number of rotatable bonds is 47. The van der Waals surface area contributed by atoms with Gasteiger partial charge in [0.25, 0.3) is 0 Å². The SMILES string of the molecule is CCC/C=C\C/C=C\CCCCCCCC(=O)OC(COC(=O)CCCCCCCCCCCC)COC(=O)CCCCCCCCCCCCCCCCCCCC. The Balaban J connectivity index is 4.28. The topological polar surface area (TPSA) is 78.9 Å². The minimum absolute atomic E-state index is 0.0724. The Hall–Kier alpha value is -2.11. The monoisotopic (exact) mass is 831 g/mol. The van der Waals surface area contributed by atoms with Gasteiger partial charge in [-0.2, -0.15) is 0 Å². The van der Waals surface area contributed by atoms with Crippen molar-refractivity contribution in [1.29, 1.82) is 0 Å². The van der Waals surface area contributed by atoms with Gasteiger partial charge in [-0.05, 0) is 44.9 Å². The number of ether oxygens (including phenoxy) is 3. The van der Waals surface area contributed by atoms with E-state index in [1.54, 1.807) is 0 Å². The first kappa shape index (κ1) is 56.9. The van der Waals surface area contributed by atoms with Crippen LogP contribution < -0.4 is 0 Å². The molecule has 0 aliphatic carbocycles. The fraction of sp³-hybridized carbons (Fsp3) is 0.868. The summed E-state index contributed by atoms with van der Waals surface area (Å²) in [6.45, 7) is 6.58. The molecule has 0 aromatic carbocycles. The van der Waals surface area contributed by atoms with Gasteiger partial charge in [0.15, 0.2) is 6.10 Å². The minimum atomic E-state index is -0.771. The molecule has 0 aliphatic heterocycles. The quantitative estimate of drug-likeness (QED) is 0.0263. The summed E-state index contributed by atoms with van der Waals surface area (Å²) >= 11 is 0. The highest BCUT2D eigenvalue weighted by Crippen LogP contribution is 2.16. The van der Waals surface area contributed by atoms with Crippen LogP contribution in [0.4, 0.5) is 0 Å². The third-order valence-electron chi connectivity index (χ3n) is 11.4. The predicted molar refractivity (Wildman–Crippen MR) is 252 cm³/mol. The van der Waals surface area contributed by atoms with Crippen molar-refractivity contribution in [2.24, 2.45) is 0 Å². The van der Waals surface area contributed by atoms with Crippen molar-refractivity contribution in [3.05, 3.63) is 24.3 Å². The van der Waals surface area contributed by atoms with E-state index in [0.29, 0.717) is 19.3 Å². The molecule has 6 heteroatoms. The van der Waals surface area contributed by atoms with Crippen LogP contribution in [-0.2, 0) is 28.6 Å². The Morgan fingerprint density at radius 1 is 0.339 bits per heavy atom. The zero-order valence-electron chi connectivity index (χ0n) is 39.5. The number of carbonyl (C=O) groups is 3. The summed E-state index contributed by atoms with van der Waals surface area (Å²) in [5.41, 5.74) is 0. The van der Waals surface area contributed by atoms with E-state index in [1.165, 1.54) is 148 Å². The van der Waals surface area contributed by atoms with Gasteiger partial charge in [-0.3, -0.25) is 14.4 Å². The molecule has 0 saturated heterocycles. The van der Waals surface area contributed by atoms with Crippen LogP contribution in [0, 0.1) is 0 Å². The fourth-order valence-electron chi connectivity index (χ4n) is 7.54. The largest absolute Gasteiger partial charge is 0.462 e. The predicted octanol–water partition coefficient (Wildman–Crippen LogP) is 16.8.